The second kappa shape index (κ2) is 11.3. The lowest BCUT2D eigenvalue weighted by molar-refractivity contribution is -0.0562. The smallest absolute Gasteiger partial charge is 0.271 e. The van der Waals surface area contributed by atoms with Gasteiger partial charge in [-0.2, -0.15) is 8.42 Å². The summed E-state index contributed by atoms with van der Waals surface area (Å²) in [6.45, 7) is 5.95. The minimum atomic E-state index is -4.03. The van der Waals surface area contributed by atoms with Crippen molar-refractivity contribution in [3.63, 3.8) is 0 Å². The fourth-order valence-corrected chi connectivity index (χ4v) is 6.18. The molecule has 200 valence electrons. The van der Waals surface area contributed by atoms with Crippen molar-refractivity contribution in [1.82, 2.24) is 9.88 Å². The number of nitrogen functional groups attached to an aromatic ring is 1. The van der Waals surface area contributed by atoms with Crippen LogP contribution < -0.4 is 10.5 Å². The zero-order valence-electron chi connectivity index (χ0n) is 21.6. The lowest BCUT2D eigenvalue weighted by atomic mass is 9.72. The third-order valence-corrected chi connectivity index (χ3v) is 9.12. The molecule has 0 amide bonds. The number of pyridine rings is 1. The molecule has 8 nitrogen and oxygen atoms in total. The van der Waals surface area contributed by atoms with E-state index in [2.05, 4.69) is 16.8 Å². The van der Waals surface area contributed by atoms with Gasteiger partial charge >= 0.3 is 0 Å². The Hall–Kier alpha value is -2.72. The molecule has 0 radical (unpaired) electrons. The van der Waals surface area contributed by atoms with Gasteiger partial charge in [0.2, 0.25) is 0 Å². The van der Waals surface area contributed by atoms with Gasteiger partial charge in [-0.25, -0.2) is 0 Å². The highest BCUT2D eigenvalue weighted by atomic mass is 32.2. The van der Waals surface area contributed by atoms with E-state index in [1.54, 1.807) is 31.5 Å². The second-order valence-electron chi connectivity index (χ2n) is 10.1. The highest BCUT2D eigenvalue weighted by molar-refractivity contribution is 7.86. The molecule has 2 bridgehead atoms. The topological polar surface area (TPSA) is 126 Å². The number of hydrogen-bond donors (Lipinski definition) is 3. The van der Waals surface area contributed by atoms with Crippen LogP contribution in [0, 0.1) is 11.8 Å². The largest absolute Gasteiger partial charge is 0.497 e. The molecule has 3 aliphatic rings. The average molecular weight is 528 g/mol. The van der Waals surface area contributed by atoms with E-state index in [0.29, 0.717) is 11.3 Å². The first kappa shape index (κ1) is 27.3. The van der Waals surface area contributed by atoms with E-state index in [4.69, 9.17) is 15.0 Å². The van der Waals surface area contributed by atoms with Gasteiger partial charge in [-0.15, -0.1) is 0 Å². The summed E-state index contributed by atoms with van der Waals surface area (Å²) in [5, 5.41) is 11.2. The SMILES string of the molecule is CC(c1cccc(N)c1)S(=O)(=O)O.CC[C@H]1C[N@]2CC[C@H]1C[C@H]2[C@H](O)c1ccnc2ccc(OC)cc12. The molecule has 1 aromatic heterocycles. The van der Waals surface area contributed by atoms with Crippen molar-refractivity contribution in [2.24, 2.45) is 11.8 Å². The monoisotopic (exact) mass is 527 g/mol. The molecule has 0 aliphatic carbocycles. The zero-order chi connectivity index (χ0) is 26.7. The first-order chi connectivity index (χ1) is 17.6. The van der Waals surface area contributed by atoms with Crippen molar-refractivity contribution in [3.05, 3.63) is 65.9 Å². The number of aliphatic hydroxyl groups is 1. The molecule has 2 aromatic carbocycles. The van der Waals surface area contributed by atoms with E-state index >= 15 is 0 Å². The van der Waals surface area contributed by atoms with Crippen LogP contribution in [-0.2, 0) is 10.1 Å². The molecule has 4 N–H and O–H groups in total. The zero-order valence-corrected chi connectivity index (χ0v) is 22.4. The van der Waals surface area contributed by atoms with Crippen molar-refractivity contribution >= 4 is 26.7 Å². The van der Waals surface area contributed by atoms with Crippen molar-refractivity contribution < 1.29 is 22.8 Å². The number of anilines is 1. The summed E-state index contributed by atoms with van der Waals surface area (Å²) in [5.41, 5.74) is 8.32. The molecule has 3 aromatic rings. The molecule has 3 saturated heterocycles. The summed E-state index contributed by atoms with van der Waals surface area (Å²) >= 11 is 0. The van der Waals surface area contributed by atoms with Crippen molar-refractivity contribution in [2.45, 2.75) is 50.5 Å². The Kier molecular flexibility index (Phi) is 8.38. The van der Waals surface area contributed by atoms with Crippen LogP contribution in [0.15, 0.2) is 54.7 Å². The van der Waals surface area contributed by atoms with E-state index in [1.165, 1.54) is 25.8 Å². The van der Waals surface area contributed by atoms with Gasteiger partial charge in [-0.3, -0.25) is 14.4 Å². The number of benzene rings is 2. The average Bonchev–Trinajstić information content (AvgIpc) is 2.91. The number of nitrogens with zero attached hydrogens (tertiary/aromatic N) is 2. The molecule has 9 heteroatoms. The van der Waals surface area contributed by atoms with Crippen LogP contribution in [0.5, 0.6) is 5.75 Å². The molecule has 3 fully saturated rings. The highest BCUT2D eigenvalue weighted by Gasteiger charge is 2.42. The highest BCUT2D eigenvalue weighted by Crippen LogP contribution is 2.42. The number of fused-ring (bicyclic) bond motifs is 4. The van der Waals surface area contributed by atoms with E-state index in [9.17, 15) is 13.5 Å². The van der Waals surface area contributed by atoms with Crippen molar-refractivity contribution in [1.29, 1.82) is 0 Å². The normalized spacial score (nSPS) is 24.7. The predicted octanol–water partition coefficient (Wildman–Crippen LogP) is 4.61. The number of aromatic nitrogens is 1. The summed E-state index contributed by atoms with van der Waals surface area (Å²) in [4.78, 5) is 6.94. The Morgan fingerprint density at radius 3 is 2.62 bits per heavy atom. The van der Waals surface area contributed by atoms with Gasteiger partial charge in [-0.05, 0) is 85.7 Å². The van der Waals surface area contributed by atoms with Gasteiger partial charge in [-0.1, -0.05) is 25.5 Å². The number of nitrogens with two attached hydrogens (primary N) is 1. The number of methoxy groups -OCH3 is 1. The minimum Gasteiger partial charge on any atom is -0.497 e. The van der Waals surface area contributed by atoms with E-state index < -0.39 is 21.5 Å². The van der Waals surface area contributed by atoms with E-state index in [0.717, 1.165) is 53.6 Å². The molecule has 37 heavy (non-hydrogen) atoms. The summed E-state index contributed by atoms with van der Waals surface area (Å²) in [6, 6.07) is 14.5. The molecule has 0 saturated carbocycles. The maximum atomic E-state index is 11.2. The number of rotatable bonds is 6. The molecular formula is C28H37N3O5S. The maximum Gasteiger partial charge on any atom is 0.271 e. The number of hydrogen-bond acceptors (Lipinski definition) is 7. The fourth-order valence-electron chi connectivity index (χ4n) is 5.69. The standard InChI is InChI=1S/C20H26N2O2.C8H11NO3S/c1-3-13-12-22-9-7-14(13)10-19(22)20(23)16-6-8-21-18-5-4-15(24-2)11-17(16)18;1-6(13(10,11)12)7-3-2-4-8(9)5-7/h4-6,8,11,13-14,19-20,23H,3,7,9-10,12H2,1-2H3;2-6H,9H2,1H3,(H,10,11,12)/t13-,14-,19-,20+;/m0./s1. The Balaban J connectivity index is 0.000000209. The molecule has 6 atom stereocenters. The third kappa shape index (κ3) is 6.06. The Labute approximate surface area is 219 Å². The van der Waals surface area contributed by atoms with Gasteiger partial charge in [0.15, 0.2) is 0 Å². The van der Waals surface area contributed by atoms with Crippen LogP contribution in [0.1, 0.15) is 55.6 Å². The minimum absolute atomic E-state index is 0.225. The van der Waals surface area contributed by atoms with Gasteiger partial charge in [0, 0.05) is 29.9 Å². The lowest BCUT2D eigenvalue weighted by Gasteiger charge is -2.51. The molecule has 6 rings (SSSR count). The second-order valence-corrected chi connectivity index (χ2v) is 11.8. The molecule has 0 spiro atoms. The van der Waals surface area contributed by atoms with Crippen LogP contribution in [-0.4, -0.2) is 54.2 Å². The number of piperidine rings is 3. The molecule has 4 heterocycles. The predicted molar refractivity (Wildman–Crippen MR) is 146 cm³/mol. The van der Waals surface area contributed by atoms with E-state index in [-0.39, 0.29) is 6.04 Å². The number of aliphatic hydroxyl groups excluding tert-OH is 1. The Morgan fingerprint density at radius 1 is 1.22 bits per heavy atom. The van der Waals surface area contributed by atoms with Crippen molar-refractivity contribution in [3.8, 4) is 5.75 Å². The first-order valence-corrected chi connectivity index (χ1v) is 14.3. The number of ether oxygens (including phenoxy) is 1. The first-order valence-electron chi connectivity index (χ1n) is 12.8. The van der Waals surface area contributed by atoms with Gasteiger partial charge < -0.3 is 15.6 Å². The molecule has 1 unspecified atom stereocenters. The van der Waals surface area contributed by atoms with Gasteiger partial charge in [0.05, 0.1) is 18.7 Å². The van der Waals surface area contributed by atoms with Crippen LogP contribution in [0.4, 0.5) is 5.69 Å². The summed E-state index contributed by atoms with van der Waals surface area (Å²) in [6.07, 6.45) is 4.97. The maximum absolute atomic E-state index is 11.2. The quantitative estimate of drug-likeness (QED) is 0.313. The summed E-state index contributed by atoms with van der Waals surface area (Å²) in [7, 11) is -2.36. The van der Waals surface area contributed by atoms with Crippen LogP contribution in [0.25, 0.3) is 10.9 Å². The lowest BCUT2D eigenvalue weighted by Crippen LogP contribution is -2.55. The van der Waals surface area contributed by atoms with Crippen LogP contribution in [0.2, 0.25) is 0 Å². The summed E-state index contributed by atoms with van der Waals surface area (Å²) in [5.74, 6) is 2.37. The van der Waals surface area contributed by atoms with Gasteiger partial charge in [0.1, 0.15) is 11.0 Å². The van der Waals surface area contributed by atoms with Crippen LogP contribution >= 0.6 is 0 Å². The fraction of sp³-hybridized carbons (Fsp3) is 0.464. The van der Waals surface area contributed by atoms with Gasteiger partial charge in [0.25, 0.3) is 10.1 Å². The Morgan fingerprint density at radius 2 is 2.00 bits per heavy atom. The van der Waals surface area contributed by atoms with E-state index in [1.807, 2.05) is 24.3 Å². The molecular weight excluding hydrogens is 490 g/mol. The Bertz CT molecular complexity index is 1330. The van der Waals surface area contributed by atoms with Crippen molar-refractivity contribution in [2.75, 3.05) is 25.9 Å². The summed E-state index contributed by atoms with van der Waals surface area (Å²) < 4.78 is 35.6. The van der Waals surface area contributed by atoms with Crippen LogP contribution in [0.3, 0.4) is 0 Å². The molecule has 3 aliphatic heterocycles. The third-order valence-electron chi connectivity index (χ3n) is 7.95.